The van der Waals surface area contributed by atoms with E-state index in [1.165, 1.54) is 12.7 Å². The molecule has 1 N–H and O–H groups in total. The molecule has 2 fully saturated rings. The second kappa shape index (κ2) is 5.88. The molecule has 2 aliphatic rings. The van der Waals surface area contributed by atoms with E-state index in [0.29, 0.717) is 23.8 Å². The topological polar surface area (TPSA) is 53.2 Å². The summed E-state index contributed by atoms with van der Waals surface area (Å²) in [6, 6.07) is 5.28. The Labute approximate surface area is 148 Å². The molecule has 1 aromatic heterocycles. The van der Waals surface area contributed by atoms with Crippen molar-refractivity contribution < 1.29 is 12.5 Å². The molecule has 2 aromatic rings. The van der Waals surface area contributed by atoms with Crippen molar-refractivity contribution in [3.05, 3.63) is 29.5 Å². The van der Waals surface area contributed by atoms with Crippen molar-refractivity contribution >= 4 is 20.7 Å². The zero-order valence-electron chi connectivity index (χ0n) is 17.0. The van der Waals surface area contributed by atoms with Crippen molar-refractivity contribution in [1.29, 1.82) is 0 Å². The molecule has 1 aliphatic carbocycles. The molecule has 1 saturated carbocycles. The molecular weight excluding hydrogens is 320 g/mol. The Morgan fingerprint density at radius 1 is 1.29 bits per heavy atom. The highest BCUT2D eigenvalue weighted by Crippen LogP contribution is 2.42. The summed E-state index contributed by atoms with van der Waals surface area (Å²) in [7, 11) is -3.37. The summed E-state index contributed by atoms with van der Waals surface area (Å²) in [6.07, 6.45) is 6.90. The van der Waals surface area contributed by atoms with Crippen molar-refractivity contribution in [2.75, 3.05) is 19.8 Å². The number of fused-ring (bicyclic) bond motifs is 1. The summed E-state index contributed by atoms with van der Waals surface area (Å²) in [5, 5.41) is 0.763. The SMILES string of the molecule is [2H]C([2H])([2H])N1CCC[C@@H]1Cc1c(C2CCC2)[nH]c2cccc(S(C)(=O)=O)c12. The van der Waals surface area contributed by atoms with Crippen LogP contribution in [0.5, 0.6) is 0 Å². The van der Waals surface area contributed by atoms with E-state index in [9.17, 15) is 8.42 Å². The van der Waals surface area contributed by atoms with E-state index >= 15 is 0 Å². The van der Waals surface area contributed by atoms with Crippen LogP contribution >= 0.6 is 0 Å². The van der Waals surface area contributed by atoms with E-state index in [1.807, 2.05) is 6.07 Å². The zero-order valence-corrected chi connectivity index (χ0v) is 14.8. The van der Waals surface area contributed by atoms with Crippen molar-refractivity contribution in [1.82, 2.24) is 9.88 Å². The third kappa shape index (κ3) is 2.68. The molecule has 4 nitrogen and oxygen atoms in total. The lowest BCUT2D eigenvalue weighted by Gasteiger charge is -2.27. The summed E-state index contributed by atoms with van der Waals surface area (Å²) in [6.45, 7) is -1.54. The molecule has 5 heteroatoms. The molecule has 1 aliphatic heterocycles. The highest BCUT2D eigenvalue weighted by molar-refractivity contribution is 7.91. The number of rotatable bonds is 4. The van der Waals surface area contributed by atoms with E-state index in [2.05, 4.69) is 4.98 Å². The molecule has 0 radical (unpaired) electrons. The van der Waals surface area contributed by atoms with Gasteiger partial charge >= 0.3 is 0 Å². The second-order valence-corrected chi connectivity index (χ2v) is 9.27. The first-order chi connectivity index (χ1) is 12.7. The maximum Gasteiger partial charge on any atom is 0.176 e. The molecule has 1 aromatic carbocycles. The molecule has 1 atom stereocenters. The van der Waals surface area contributed by atoms with Crippen LogP contribution in [0, 0.1) is 0 Å². The van der Waals surface area contributed by atoms with Crippen molar-refractivity contribution in [2.24, 2.45) is 0 Å². The number of hydrogen-bond acceptors (Lipinski definition) is 3. The van der Waals surface area contributed by atoms with Crippen molar-refractivity contribution in [3.63, 3.8) is 0 Å². The average Bonchev–Trinajstić information content (AvgIpc) is 3.10. The van der Waals surface area contributed by atoms with Crippen LogP contribution < -0.4 is 0 Å². The predicted octanol–water partition coefficient (Wildman–Crippen LogP) is 3.48. The molecule has 2 heterocycles. The van der Waals surface area contributed by atoms with Crippen molar-refractivity contribution in [2.45, 2.75) is 55.4 Å². The third-order valence-electron chi connectivity index (χ3n) is 5.65. The van der Waals surface area contributed by atoms with Crippen LogP contribution in [0.15, 0.2) is 23.1 Å². The maximum absolute atomic E-state index is 12.4. The monoisotopic (exact) mass is 349 g/mol. The van der Waals surface area contributed by atoms with E-state index in [0.717, 1.165) is 47.8 Å². The largest absolute Gasteiger partial charge is 0.358 e. The standard InChI is InChI=1S/C19H26N2O2S/c1-21-11-5-8-14(21)12-15-18-16(20-19(15)13-6-3-7-13)9-4-10-17(18)24(2,22)23/h4,9-10,13-14,20H,3,5-8,11-12H2,1-2H3/t14-/m1/s1/i1D3. The van der Waals surface area contributed by atoms with E-state index in [1.54, 1.807) is 17.0 Å². The lowest BCUT2D eigenvalue weighted by molar-refractivity contribution is 0.308. The Kier molecular flexibility index (Phi) is 3.17. The van der Waals surface area contributed by atoms with Crippen LogP contribution in [-0.4, -0.2) is 44.1 Å². The Hall–Kier alpha value is -1.33. The average molecular weight is 350 g/mol. The number of H-pyrrole nitrogens is 1. The van der Waals surface area contributed by atoms with Gasteiger partial charge in [0.25, 0.3) is 0 Å². The van der Waals surface area contributed by atoms with Gasteiger partial charge in [-0.05, 0) is 69.2 Å². The first-order valence-corrected chi connectivity index (χ1v) is 10.7. The lowest BCUT2D eigenvalue weighted by atomic mass is 9.80. The fourth-order valence-corrected chi connectivity index (χ4v) is 5.08. The number of likely N-dealkylation sites (tertiary alicyclic amines) is 1. The van der Waals surface area contributed by atoms with Gasteiger partial charge in [0, 0.05) is 33.0 Å². The van der Waals surface area contributed by atoms with Gasteiger partial charge in [-0.1, -0.05) is 12.5 Å². The molecule has 1 saturated heterocycles. The number of hydrogen-bond donors (Lipinski definition) is 1. The second-order valence-electron chi connectivity index (χ2n) is 7.29. The van der Waals surface area contributed by atoms with Gasteiger partial charge in [0.2, 0.25) is 0 Å². The molecular formula is C19H26N2O2S. The van der Waals surface area contributed by atoms with Gasteiger partial charge in [-0.25, -0.2) is 8.42 Å². The van der Waals surface area contributed by atoms with Gasteiger partial charge in [-0.2, -0.15) is 0 Å². The van der Waals surface area contributed by atoms with Gasteiger partial charge in [-0.3, -0.25) is 0 Å². The Morgan fingerprint density at radius 2 is 2.12 bits per heavy atom. The Bertz CT molecular complexity index is 961. The van der Waals surface area contributed by atoms with Gasteiger partial charge in [0.15, 0.2) is 9.84 Å². The van der Waals surface area contributed by atoms with Crippen LogP contribution in [0.2, 0.25) is 0 Å². The van der Waals surface area contributed by atoms with Crippen LogP contribution in [0.4, 0.5) is 0 Å². The smallest absolute Gasteiger partial charge is 0.176 e. The summed E-state index contributed by atoms with van der Waals surface area (Å²) >= 11 is 0. The van der Waals surface area contributed by atoms with Crippen LogP contribution in [-0.2, 0) is 16.3 Å². The van der Waals surface area contributed by atoms with Crippen LogP contribution in [0.3, 0.4) is 0 Å². The van der Waals surface area contributed by atoms with E-state index < -0.39 is 16.8 Å². The summed E-state index contributed by atoms with van der Waals surface area (Å²) in [4.78, 5) is 5.44. The third-order valence-corrected chi connectivity index (χ3v) is 6.79. The van der Waals surface area contributed by atoms with Crippen LogP contribution in [0.1, 0.15) is 53.4 Å². The number of sulfone groups is 1. The summed E-state index contributed by atoms with van der Waals surface area (Å²) in [5.74, 6) is 0.419. The molecule has 24 heavy (non-hydrogen) atoms. The Balaban J connectivity index is 1.84. The summed E-state index contributed by atoms with van der Waals surface area (Å²) < 4.78 is 48.3. The number of nitrogens with one attached hydrogen (secondary N) is 1. The highest BCUT2D eigenvalue weighted by Gasteiger charge is 2.30. The normalized spacial score (nSPS) is 25.4. The number of nitrogens with zero attached hydrogens (tertiary/aromatic N) is 1. The molecule has 4 rings (SSSR count). The van der Waals surface area contributed by atoms with Gasteiger partial charge in [-0.15, -0.1) is 0 Å². The lowest BCUT2D eigenvalue weighted by Crippen LogP contribution is -2.27. The predicted molar refractivity (Wildman–Crippen MR) is 97.4 cm³/mol. The highest BCUT2D eigenvalue weighted by atomic mass is 32.2. The molecule has 130 valence electrons. The first-order valence-electron chi connectivity index (χ1n) is 10.3. The minimum atomic E-state index is -3.37. The molecule has 0 amide bonds. The van der Waals surface area contributed by atoms with E-state index in [-0.39, 0.29) is 6.04 Å². The fourth-order valence-electron chi connectivity index (χ4n) is 4.15. The number of aromatic amines is 1. The summed E-state index contributed by atoms with van der Waals surface area (Å²) in [5.41, 5.74) is 2.97. The number of benzene rings is 1. The van der Waals surface area contributed by atoms with Gasteiger partial charge < -0.3 is 9.88 Å². The minimum Gasteiger partial charge on any atom is -0.358 e. The quantitative estimate of drug-likeness (QED) is 0.919. The molecule has 0 spiro atoms. The molecule has 0 unspecified atom stereocenters. The van der Waals surface area contributed by atoms with Gasteiger partial charge in [0.05, 0.1) is 4.90 Å². The van der Waals surface area contributed by atoms with Gasteiger partial charge in [0.1, 0.15) is 0 Å². The number of likely N-dealkylation sites (N-methyl/N-ethyl adjacent to an activating group) is 1. The number of aromatic nitrogens is 1. The van der Waals surface area contributed by atoms with E-state index in [4.69, 9.17) is 4.11 Å². The minimum absolute atomic E-state index is 0.0806. The molecule has 0 bridgehead atoms. The maximum atomic E-state index is 12.4. The first kappa shape index (κ1) is 13.0. The fraction of sp³-hybridized carbons (Fsp3) is 0.579. The van der Waals surface area contributed by atoms with Crippen molar-refractivity contribution in [3.8, 4) is 0 Å². The zero-order chi connectivity index (χ0) is 19.4. The Morgan fingerprint density at radius 3 is 2.79 bits per heavy atom. The van der Waals surface area contributed by atoms with Crippen LogP contribution in [0.25, 0.3) is 10.9 Å².